The SMILES string of the molecule is CCCCCCC(=O)CC1(C(F)(F)F)NC(=O)N(Cc2ccc(OC)cc2)c2ccc(Cl)cc21. The Morgan fingerprint density at radius 1 is 1.12 bits per heavy atom. The number of nitrogens with zero attached hydrogens (tertiary/aromatic N) is 1. The molecule has 5 nitrogen and oxygen atoms in total. The molecule has 184 valence electrons. The minimum Gasteiger partial charge on any atom is -0.497 e. The van der Waals surface area contributed by atoms with Crippen molar-refractivity contribution in [2.24, 2.45) is 0 Å². The van der Waals surface area contributed by atoms with Gasteiger partial charge in [0.05, 0.1) is 19.3 Å². The van der Waals surface area contributed by atoms with Crippen LogP contribution in [0.4, 0.5) is 23.7 Å². The average Bonchev–Trinajstić information content (AvgIpc) is 2.79. The number of halogens is 4. The number of methoxy groups -OCH3 is 1. The maximum Gasteiger partial charge on any atom is 0.416 e. The summed E-state index contributed by atoms with van der Waals surface area (Å²) in [5, 5.41) is 2.22. The molecule has 3 rings (SSSR count). The maximum atomic E-state index is 14.6. The van der Waals surface area contributed by atoms with Crippen LogP contribution in [0.15, 0.2) is 42.5 Å². The molecular weight excluding hydrogens is 469 g/mol. The summed E-state index contributed by atoms with van der Waals surface area (Å²) in [7, 11) is 1.52. The fourth-order valence-corrected chi connectivity index (χ4v) is 4.35. The van der Waals surface area contributed by atoms with Crippen molar-refractivity contribution in [1.82, 2.24) is 5.32 Å². The van der Waals surface area contributed by atoms with Crippen molar-refractivity contribution in [3.8, 4) is 5.75 Å². The van der Waals surface area contributed by atoms with Crippen molar-refractivity contribution >= 4 is 29.1 Å². The number of alkyl halides is 3. The molecule has 0 spiro atoms. The van der Waals surface area contributed by atoms with Crippen LogP contribution in [-0.2, 0) is 16.9 Å². The summed E-state index contributed by atoms with van der Waals surface area (Å²) < 4.78 is 48.9. The predicted molar refractivity (Wildman–Crippen MR) is 125 cm³/mol. The van der Waals surface area contributed by atoms with Crippen LogP contribution in [0.1, 0.15) is 56.6 Å². The van der Waals surface area contributed by atoms with Crippen molar-refractivity contribution in [3.05, 3.63) is 58.6 Å². The highest BCUT2D eigenvalue weighted by Gasteiger charge is 2.61. The van der Waals surface area contributed by atoms with Gasteiger partial charge in [0.15, 0.2) is 5.54 Å². The van der Waals surface area contributed by atoms with Crippen molar-refractivity contribution in [2.75, 3.05) is 12.0 Å². The lowest BCUT2D eigenvalue weighted by molar-refractivity contribution is -0.200. The first-order valence-corrected chi connectivity index (χ1v) is 11.6. The van der Waals surface area contributed by atoms with Gasteiger partial charge in [0, 0.05) is 23.4 Å². The molecule has 0 saturated heterocycles. The molecule has 2 aromatic rings. The fraction of sp³-hybridized carbons (Fsp3) is 0.440. The highest BCUT2D eigenvalue weighted by Crippen LogP contribution is 2.49. The summed E-state index contributed by atoms with van der Waals surface area (Å²) in [5.41, 5.74) is -2.31. The smallest absolute Gasteiger partial charge is 0.416 e. The molecule has 2 aromatic carbocycles. The number of benzene rings is 2. The monoisotopic (exact) mass is 496 g/mol. The molecule has 1 unspecified atom stereocenters. The van der Waals surface area contributed by atoms with Crippen molar-refractivity contribution in [2.45, 2.75) is 63.7 Å². The quantitative estimate of drug-likeness (QED) is 0.369. The van der Waals surface area contributed by atoms with Crippen LogP contribution in [0.3, 0.4) is 0 Å². The second-order valence-electron chi connectivity index (χ2n) is 8.46. The number of anilines is 1. The molecule has 1 atom stereocenters. The van der Waals surface area contributed by atoms with Gasteiger partial charge in [0.1, 0.15) is 11.5 Å². The van der Waals surface area contributed by atoms with E-state index in [2.05, 4.69) is 5.32 Å². The average molecular weight is 497 g/mol. The number of ketones is 1. The van der Waals surface area contributed by atoms with E-state index in [-0.39, 0.29) is 29.2 Å². The van der Waals surface area contributed by atoms with Gasteiger partial charge in [-0.25, -0.2) is 4.79 Å². The molecule has 0 radical (unpaired) electrons. The Morgan fingerprint density at radius 3 is 2.44 bits per heavy atom. The van der Waals surface area contributed by atoms with E-state index in [1.807, 2.05) is 6.92 Å². The predicted octanol–water partition coefficient (Wildman–Crippen LogP) is 6.77. The van der Waals surface area contributed by atoms with Gasteiger partial charge >= 0.3 is 12.2 Å². The second kappa shape index (κ2) is 10.7. The number of fused-ring (bicyclic) bond motifs is 1. The molecule has 1 heterocycles. The topological polar surface area (TPSA) is 58.6 Å². The lowest BCUT2D eigenvalue weighted by Gasteiger charge is -2.44. The second-order valence-corrected chi connectivity index (χ2v) is 8.89. The number of amides is 2. The van der Waals surface area contributed by atoms with Crippen LogP contribution in [-0.4, -0.2) is 25.1 Å². The van der Waals surface area contributed by atoms with Crippen LogP contribution >= 0.6 is 11.6 Å². The molecule has 9 heteroatoms. The Balaban J connectivity index is 1.98. The van der Waals surface area contributed by atoms with Crippen molar-refractivity contribution in [3.63, 3.8) is 0 Å². The zero-order chi connectivity index (χ0) is 24.9. The Kier molecular flexibility index (Phi) is 8.13. The zero-order valence-corrected chi connectivity index (χ0v) is 19.9. The first kappa shape index (κ1) is 25.9. The Bertz CT molecular complexity index is 1030. The van der Waals surface area contributed by atoms with Crippen LogP contribution in [0.5, 0.6) is 5.75 Å². The van der Waals surface area contributed by atoms with Crippen LogP contribution in [0, 0.1) is 0 Å². The summed E-state index contributed by atoms with van der Waals surface area (Å²) in [5.74, 6) is 0.0656. The van der Waals surface area contributed by atoms with Gasteiger partial charge < -0.3 is 10.1 Å². The van der Waals surface area contributed by atoms with E-state index < -0.39 is 30.0 Å². The lowest BCUT2D eigenvalue weighted by atomic mass is 9.80. The third-order valence-electron chi connectivity index (χ3n) is 6.03. The highest BCUT2D eigenvalue weighted by atomic mass is 35.5. The lowest BCUT2D eigenvalue weighted by Crippen LogP contribution is -2.63. The molecule has 1 aliphatic rings. The molecule has 2 amide bonds. The van der Waals surface area contributed by atoms with E-state index >= 15 is 0 Å². The molecule has 34 heavy (non-hydrogen) atoms. The van der Waals surface area contributed by atoms with Crippen LogP contribution in [0.25, 0.3) is 0 Å². The normalized spacial score (nSPS) is 17.8. The number of hydrogen-bond donors (Lipinski definition) is 1. The van der Waals surface area contributed by atoms with E-state index in [0.29, 0.717) is 17.7 Å². The number of urea groups is 1. The molecule has 1 aliphatic heterocycles. The van der Waals surface area contributed by atoms with Crippen LogP contribution in [0.2, 0.25) is 5.02 Å². The summed E-state index contributed by atoms with van der Waals surface area (Å²) in [4.78, 5) is 26.9. The first-order valence-electron chi connectivity index (χ1n) is 11.2. The van der Waals surface area contributed by atoms with E-state index in [9.17, 15) is 22.8 Å². The number of Topliss-reactive ketones (excluding diaryl/α,β-unsaturated/α-hetero) is 1. The number of nitrogens with one attached hydrogen (secondary N) is 1. The third kappa shape index (κ3) is 5.49. The number of ether oxygens (including phenoxy) is 1. The number of unbranched alkanes of at least 4 members (excludes halogenated alkanes) is 3. The first-order chi connectivity index (χ1) is 16.1. The highest BCUT2D eigenvalue weighted by molar-refractivity contribution is 6.30. The molecule has 0 fully saturated rings. The number of carbonyl (C=O) groups excluding carboxylic acids is 2. The molecule has 1 N–H and O–H groups in total. The van der Waals surface area contributed by atoms with Crippen molar-refractivity contribution in [1.29, 1.82) is 0 Å². The fourth-order valence-electron chi connectivity index (χ4n) is 4.18. The van der Waals surface area contributed by atoms with Gasteiger partial charge in [-0.1, -0.05) is 49.9 Å². The van der Waals surface area contributed by atoms with E-state index in [4.69, 9.17) is 16.3 Å². The molecule has 0 saturated carbocycles. The van der Waals surface area contributed by atoms with Gasteiger partial charge in [-0.2, -0.15) is 13.2 Å². The van der Waals surface area contributed by atoms with E-state index in [1.165, 1.54) is 30.2 Å². The number of rotatable bonds is 10. The summed E-state index contributed by atoms with van der Waals surface area (Å²) in [6.07, 6.45) is -2.61. The molecule has 0 aromatic heterocycles. The largest absolute Gasteiger partial charge is 0.497 e. The van der Waals surface area contributed by atoms with Crippen LogP contribution < -0.4 is 15.0 Å². The summed E-state index contributed by atoms with van der Waals surface area (Å²) in [6.45, 7) is 2.04. The minimum absolute atomic E-state index is 0.0269. The van der Waals surface area contributed by atoms with E-state index in [1.54, 1.807) is 24.3 Å². The maximum absolute atomic E-state index is 14.6. The summed E-state index contributed by atoms with van der Waals surface area (Å²) in [6, 6.07) is 9.96. The third-order valence-corrected chi connectivity index (χ3v) is 6.26. The molecular formula is C25H28ClF3N2O3. The van der Waals surface area contributed by atoms with E-state index in [0.717, 1.165) is 19.3 Å². The Labute approximate surface area is 202 Å². The van der Waals surface area contributed by atoms with Gasteiger partial charge in [-0.3, -0.25) is 9.69 Å². The van der Waals surface area contributed by atoms with Crippen molar-refractivity contribution < 1.29 is 27.5 Å². The van der Waals surface area contributed by atoms with Gasteiger partial charge in [-0.15, -0.1) is 0 Å². The standard InChI is InChI=1S/C25H28ClF3N2O3/c1-3-4-5-6-7-19(32)15-24(25(27,28)29)21-14-18(26)10-13-22(21)31(23(33)30-24)16-17-8-11-20(34-2)12-9-17/h8-14H,3-7,15-16H2,1-2H3,(H,30,33). The minimum atomic E-state index is -4.91. The van der Waals surface area contributed by atoms with Gasteiger partial charge in [0.25, 0.3) is 0 Å². The molecule has 0 bridgehead atoms. The molecule has 0 aliphatic carbocycles. The summed E-state index contributed by atoms with van der Waals surface area (Å²) >= 11 is 6.09. The number of hydrogen-bond acceptors (Lipinski definition) is 3. The Morgan fingerprint density at radius 2 is 1.82 bits per heavy atom. The zero-order valence-electron chi connectivity index (χ0n) is 19.2. The number of carbonyl (C=O) groups is 2. The Hall–Kier alpha value is -2.74. The van der Waals surface area contributed by atoms with Gasteiger partial charge in [0.2, 0.25) is 0 Å². The van der Waals surface area contributed by atoms with Gasteiger partial charge in [-0.05, 0) is 42.3 Å².